The second-order valence-electron chi connectivity index (χ2n) is 5.83. The van der Waals surface area contributed by atoms with Gasteiger partial charge in [0.2, 0.25) is 5.91 Å². The molecule has 0 bridgehead atoms. The Balaban J connectivity index is 0.00000264. The summed E-state index contributed by atoms with van der Waals surface area (Å²) in [5.74, 6) is 1.00. The molecular formula is C17H27ClN2O3. The Morgan fingerprint density at radius 1 is 1.26 bits per heavy atom. The first-order valence-corrected chi connectivity index (χ1v) is 7.93. The van der Waals surface area contributed by atoms with E-state index < -0.39 is 0 Å². The number of nitrogens with one attached hydrogen (secondary N) is 1. The van der Waals surface area contributed by atoms with Crippen molar-refractivity contribution in [1.29, 1.82) is 0 Å². The molecular weight excluding hydrogens is 316 g/mol. The summed E-state index contributed by atoms with van der Waals surface area (Å²) in [4.78, 5) is 12.2. The molecule has 1 aliphatic carbocycles. The number of amides is 1. The van der Waals surface area contributed by atoms with Crippen LogP contribution < -0.4 is 15.8 Å². The predicted octanol–water partition coefficient (Wildman–Crippen LogP) is 2.27. The number of nitrogens with two attached hydrogens (primary N) is 1. The van der Waals surface area contributed by atoms with Gasteiger partial charge in [-0.2, -0.15) is 0 Å². The average molecular weight is 343 g/mol. The van der Waals surface area contributed by atoms with Gasteiger partial charge in [-0.05, 0) is 37.0 Å². The fraction of sp³-hybridized carbons (Fsp3) is 0.588. The van der Waals surface area contributed by atoms with Crippen molar-refractivity contribution in [3.05, 3.63) is 29.8 Å². The van der Waals surface area contributed by atoms with Crippen molar-refractivity contribution in [2.75, 3.05) is 20.3 Å². The number of hydrogen-bond donors (Lipinski definition) is 2. The Morgan fingerprint density at radius 3 is 2.65 bits per heavy atom. The van der Waals surface area contributed by atoms with Gasteiger partial charge in [-0.3, -0.25) is 4.79 Å². The molecule has 6 heteroatoms. The second kappa shape index (κ2) is 10.5. The van der Waals surface area contributed by atoms with Crippen LogP contribution in [0, 0.1) is 5.92 Å². The Labute approximate surface area is 144 Å². The highest BCUT2D eigenvalue weighted by Crippen LogP contribution is 2.23. The van der Waals surface area contributed by atoms with Gasteiger partial charge in [0.1, 0.15) is 12.4 Å². The summed E-state index contributed by atoms with van der Waals surface area (Å²) in [6, 6.07) is 7.93. The van der Waals surface area contributed by atoms with Gasteiger partial charge in [0, 0.05) is 25.6 Å². The van der Waals surface area contributed by atoms with Crippen molar-refractivity contribution in [3.8, 4) is 5.75 Å². The van der Waals surface area contributed by atoms with E-state index in [1.807, 2.05) is 24.3 Å². The molecule has 130 valence electrons. The monoisotopic (exact) mass is 342 g/mol. The molecule has 0 radical (unpaired) electrons. The topological polar surface area (TPSA) is 73.6 Å². The Kier molecular flexibility index (Phi) is 8.99. The largest absolute Gasteiger partial charge is 0.491 e. The third-order valence-electron chi connectivity index (χ3n) is 4.03. The molecule has 1 aliphatic rings. The van der Waals surface area contributed by atoms with Crippen LogP contribution in [0.4, 0.5) is 0 Å². The van der Waals surface area contributed by atoms with Gasteiger partial charge in [-0.15, -0.1) is 12.4 Å². The van der Waals surface area contributed by atoms with Gasteiger partial charge in [0.05, 0.1) is 6.61 Å². The van der Waals surface area contributed by atoms with E-state index in [1.54, 1.807) is 7.11 Å². The van der Waals surface area contributed by atoms with E-state index in [1.165, 1.54) is 0 Å². The summed E-state index contributed by atoms with van der Waals surface area (Å²) in [5.41, 5.74) is 7.00. The SMILES string of the molecule is COCCOc1ccc(CNC(=O)C2CCCC(N)C2)cc1.Cl. The van der Waals surface area contributed by atoms with E-state index in [-0.39, 0.29) is 30.3 Å². The van der Waals surface area contributed by atoms with Crippen LogP contribution in [0.5, 0.6) is 5.75 Å². The van der Waals surface area contributed by atoms with Gasteiger partial charge >= 0.3 is 0 Å². The van der Waals surface area contributed by atoms with Crippen LogP contribution in [-0.4, -0.2) is 32.3 Å². The summed E-state index contributed by atoms with van der Waals surface area (Å²) in [6.45, 7) is 1.65. The summed E-state index contributed by atoms with van der Waals surface area (Å²) < 4.78 is 10.4. The number of carbonyl (C=O) groups is 1. The van der Waals surface area contributed by atoms with E-state index in [4.69, 9.17) is 15.2 Å². The zero-order chi connectivity index (χ0) is 15.8. The van der Waals surface area contributed by atoms with E-state index in [0.717, 1.165) is 37.0 Å². The van der Waals surface area contributed by atoms with Crippen LogP contribution in [0.15, 0.2) is 24.3 Å². The fourth-order valence-corrected chi connectivity index (χ4v) is 2.75. The minimum atomic E-state index is 0. The lowest BCUT2D eigenvalue weighted by molar-refractivity contribution is -0.126. The number of methoxy groups -OCH3 is 1. The fourth-order valence-electron chi connectivity index (χ4n) is 2.75. The van der Waals surface area contributed by atoms with Gasteiger partial charge in [-0.1, -0.05) is 18.6 Å². The lowest BCUT2D eigenvalue weighted by Gasteiger charge is -2.25. The molecule has 1 aromatic rings. The molecule has 0 aromatic heterocycles. The molecule has 1 fully saturated rings. The predicted molar refractivity (Wildman–Crippen MR) is 92.8 cm³/mol. The normalized spacial score (nSPS) is 20.4. The molecule has 1 aromatic carbocycles. The van der Waals surface area contributed by atoms with E-state index in [0.29, 0.717) is 19.8 Å². The molecule has 0 spiro atoms. The van der Waals surface area contributed by atoms with Crippen LogP contribution in [-0.2, 0) is 16.1 Å². The van der Waals surface area contributed by atoms with Crippen LogP contribution >= 0.6 is 12.4 Å². The maximum absolute atomic E-state index is 12.2. The third-order valence-corrected chi connectivity index (χ3v) is 4.03. The molecule has 3 N–H and O–H groups in total. The molecule has 2 unspecified atom stereocenters. The number of halogens is 1. The number of rotatable bonds is 7. The van der Waals surface area contributed by atoms with Crippen molar-refractivity contribution >= 4 is 18.3 Å². The lowest BCUT2D eigenvalue weighted by atomic mass is 9.85. The van der Waals surface area contributed by atoms with Crippen LogP contribution in [0.1, 0.15) is 31.2 Å². The molecule has 5 nitrogen and oxygen atoms in total. The smallest absolute Gasteiger partial charge is 0.223 e. The van der Waals surface area contributed by atoms with Crippen LogP contribution in [0.3, 0.4) is 0 Å². The maximum Gasteiger partial charge on any atom is 0.223 e. The van der Waals surface area contributed by atoms with Crippen molar-refractivity contribution in [1.82, 2.24) is 5.32 Å². The lowest BCUT2D eigenvalue weighted by Crippen LogP contribution is -2.37. The average Bonchev–Trinajstić information content (AvgIpc) is 2.54. The first kappa shape index (κ1) is 19.7. The van der Waals surface area contributed by atoms with Crippen LogP contribution in [0.2, 0.25) is 0 Å². The minimum absolute atomic E-state index is 0. The highest BCUT2D eigenvalue weighted by Gasteiger charge is 2.24. The molecule has 0 heterocycles. The molecule has 2 atom stereocenters. The summed E-state index contributed by atoms with van der Waals surface area (Å²) in [6.07, 6.45) is 3.84. The van der Waals surface area contributed by atoms with Crippen molar-refractivity contribution in [2.45, 2.75) is 38.3 Å². The van der Waals surface area contributed by atoms with Gasteiger partial charge in [0.25, 0.3) is 0 Å². The minimum Gasteiger partial charge on any atom is -0.491 e. The molecule has 2 rings (SSSR count). The zero-order valence-corrected chi connectivity index (χ0v) is 14.4. The summed E-state index contributed by atoms with van der Waals surface area (Å²) >= 11 is 0. The number of ether oxygens (including phenoxy) is 2. The maximum atomic E-state index is 12.2. The first-order chi connectivity index (χ1) is 10.7. The van der Waals surface area contributed by atoms with Gasteiger partial charge < -0.3 is 20.5 Å². The zero-order valence-electron chi connectivity index (χ0n) is 13.6. The summed E-state index contributed by atoms with van der Waals surface area (Å²) in [7, 11) is 1.65. The van der Waals surface area contributed by atoms with Gasteiger partial charge in [0.15, 0.2) is 0 Å². The molecule has 0 aliphatic heterocycles. The molecule has 0 saturated heterocycles. The number of hydrogen-bond acceptors (Lipinski definition) is 4. The second-order valence-corrected chi connectivity index (χ2v) is 5.83. The molecule has 23 heavy (non-hydrogen) atoms. The Hall–Kier alpha value is -1.30. The number of benzene rings is 1. The van der Waals surface area contributed by atoms with E-state index in [2.05, 4.69) is 5.32 Å². The Bertz CT molecular complexity index is 467. The van der Waals surface area contributed by atoms with Crippen molar-refractivity contribution in [2.24, 2.45) is 11.7 Å². The van der Waals surface area contributed by atoms with Gasteiger partial charge in [-0.25, -0.2) is 0 Å². The van der Waals surface area contributed by atoms with E-state index in [9.17, 15) is 4.79 Å². The standard InChI is InChI=1S/C17H26N2O3.ClH/c1-21-9-10-22-16-7-5-13(6-8-16)12-19-17(20)14-3-2-4-15(18)11-14;/h5-8,14-15H,2-4,9-12,18H2,1H3,(H,19,20);1H. The number of carbonyl (C=O) groups excluding carboxylic acids is 1. The Morgan fingerprint density at radius 2 is 2.00 bits per heavy atom. The van der Waals surface area contributed by atoms with Crippen molar-refractivity contribution in [3.63, 3.8) is 0 Å². The quantitative estimate of drug-likeness (QED) is 0.745. The van der Waals surface area contributed by atoms with Crippen LogP contribution in [0.25, 0.3) is 0 Å². The molecule has 1 saturated carbocycles. The van der Waals surface area contributed by atoms with E-state index >= 15 is 0 Å². The van der Waals surface area contributed by atoms with Crippen molar-refractivity contribution < 1.29 is 14.3 Å². The highest BCUT2D eigenvalue weighted by molar-refractivity contribution is 5.85. The third kappa shape index (κ3) is 6.77. The highest BCUT2D eigenvalue weighted by atomic mass is 35.5. The molecule has 1 amide bonds. The summed E-state index contributed by atoms with van der Waals surface area (Å²) in [5, 5.41) is 3.01. The first-order valence-electron chi connectivity index (χ1n) is 7.93.